The van der Waals surface area contributed by atoms with Crippen LogP contribution in [0, 0.1) is 0 Å². The summed E-state index contributed by atoms with van der Waals surface area (Å²) in [4.78, 5) is 0. The number of hydrogen-bond acceptors (Lipinski definition) is 1. The summed E-state index contributed by atoms with van der Waals surface area (Å²) in [6.07, 6.45) is 2.54. The molecule has 0 bridgehead atoms. The van der Waals surface area contributed by atoms with Crippen molar-refractivity contribution >= 4 is 44.3 Å². The zero-order valence-electron chi connectivity index (χ0n) is 7.59. The smallest absolute Gasteiger partial charge is 0.0321 e. The van der Waals surface area contributed by atoms with E-state index in [0.29, 0.717) is 6.04 Å². The molecule has 0 amide bonds. The Morgan fingerprint density at radius 3 is 2.29 bits per heavy atom. The second-order valence-corrected chi connectivity index (χ2v) is 5.18. The predicted molar refractivity (Wildman–Crippen MR) is 69.1 cm³/mol. The first-order valence-corrected chi connectivity index (χ1v) is 6.04. The summed E-state index contributed by atoms with van der Waals surface area (Å²) in [5.74, 6) is 0. The highest BCUT2D eigenvalue weighted by atomic mass is 79.9. The van der Waals surface area contributed by atoms with Gasteiger partial charge in [0.1, 0.15) is 0 Å². The molecule has 1 aromatic carbocycles. The van der Waals surface area contributed by atoms with Gasteiger partial charge >= 0.3 is 0 Å². The van der Waals surface area contributed by atoms with Gasteiger partial charge in [-0.05, 0) is 43.1 Å². The van der Waals surface area contributed by atoms with Gasteiger partial charge in [-0.1, -0.05) is 31.9 Å². The van der Waals surface area contributed by atoms with Crippen LogP contribution in [0.1, 0.15) is 24.4 Å². The first-order chi connectivity index (χ1) is 6.25. The molecule has 1 atom stereocenters. The van der Waals surface area contributed by atoms with Gasteiger partial charge in [0.25, 0.3) is 0 Å². The molecular formula is C10H12Br2ClN. The summed E-state index contributed by atoms with van der Waals surface area (Å²) in [5.41, 5.74) is 1.37. The van der Waals surface area contributed by atoms with Gasteiger partial charge in [-0.3, -0.25) is 0 Å². The highest BCUT2D eigenvalue weighted by Crippen LogP contribution is 2.28. The molecule has 2 rings (SSSR count). The third-order valence-electron chi connectivity index (χ3n) is 2.35. The fourth-order valence-corrected chi connectivity index (χ4v) is 3.07. The first kappa shape index (κ1) is 12.5. The van der Waals surface area contributed by atoms with Crippen molar-refractivity contribution in [2.45, 2.75) is 18.9 Å². The Kier molecular flexibility index (Phi) is 4.91. The van der Waals surface area contributed by atoms with Crippen LogP contribution in [-0.4, -0.2) is 6.54 Å². The van der Waals surface area contributed by atoms with E-state index < -0.39 is 0 Å². The first-order valence-electron chi connectivity index (χ1n) is 4.45. The van der Waals surface area contributed by atoms with Crippen LogP contribution in [0.2, 0.25) is 0 Å². The van der Waals surface area contributed by atoms with Crippen molar-refractivity contribution in [2.24, 2.45) is 0 Å². The Balaban J connectivity index is 0.000000980. The fourth-order valence-electron chi connectivity index (χ4n) is 1.75. The zero-order valence-corrected chi connectivity index (χ0v) is 11.6. The number of rotatable bonds is 1. The van der Waals surface area contributed by atoms with Crippen molar-refractivity contribution in [1.29, 1.82) is 0 Å². The Morgan fingerprint density at radius 2 is 1.79 bits per heavy atom. The van der Waals surface area contributed by atoms with E-state index in [0.717, 1.165) is 15.5 Å². The van der Waals surface area contributed by atoms with E-state index in [-0.39, 0.29) is 12.4 Å². The van der Waals surface area contributed by atoms with Crippen molar-refractivity contribution < 1.29 is 0 Å². The van der Waals surface area contributed by atoms with Crippen LogP contribution in [-0.2, 0) is 0 Å². The monoisotopic (exact) mass is 339 g/mol. The second kappa shape index (κ2) is 5.50. The lowest BCUT2D eigenvalue weighted by Gasteiger charge is -2.11. The maximum absolute atomic E-state index is 3.50. The third kappa shape index (κ3) is 2.96. The van der Waals surface area contributed by atoms with Gasteiger partial charge < -0.3 is 5.32 Å². The van der Waals surface area contributed by atoms with Crippen molar-refractivity contribution in [3.63, 3.8) is 0 Å². The molecule has 0 unspecified atom stereocenters. The van der Waals surface area contributed by atoms with Crippen LogP contribution in [0.25, 0.3) is 0 Å². The van der Waals surface area contributed by atoms with E-state index in [1.807, 2.05) is 0 Å². The maximum atomic E-state index is 3.50. The largest absolute Gasteiger partial charge is 0.310 e. The van der Waals surface area contributed by atoms with E-state index in [2.05, 4.69) is 55.4 Å². The molecule has 1 N–H and O–H groups in total. The topological polar surface area (TPSA) is 12.0 Å². The summed E-state index contributed by atoms with van der Waals surface area (Å²) >= 11 is 7.00. The molecule has 1 fully saturated rings. The van der Waals surface area contributed by atoms with Crippen molar-refractivity contribution in [1.82, 2.24) is 5.32 Å². The lowest BCUT2D eigenvalue weighted by atomic mass is 10.1. The van der Waals surface area contributed by atoms with Crippen molar-refractivity contribution in [3.05, 3.63) is 32.7 Å². The number of nitrogens with one attached hydrogen (secondary N) is 1. The Bertz CT molecular complexity index is 291. The van der Waals surface area contributed by atoms with Crippen molar-refractivity contribution in [2.75, 3.05) is 6.54 Å². The third-order valence-corrected chi connectivity index (χ3v) is 3.26. The Hall–Kier alpha value is 0.430. The van der Waals surface area contributed by atoms with Gasteiger partial charge in [-0.25, -0.2) is 0 Å². The van der Waals surface area contributed by atoms with E-state index >= 15 is 0 Å². The van der Waals surface area contributed by atoms with E-state index in [4.69, 9.17) is 0 Å². The molecule has 14 heavy (non-hydrogen) atoms. The highest BCUT2D eigenvalue weighted by Gasteiger charge is 2.16. The lowest BCUT2D eigenvalue weighted by Crippen LogP contribution is -2.12. The number of benzene rings is 1. The normalized spacial score (nSPS) is 20.6. The average Bonchev–Trinajstić information content (AvgIpc) is 2.53. The summed E-state index contributed by atoms with van der Waals surface area (Å²) in [5, 5.41) is 3.49. The maximum Gasteiger partial charge on any atom is 0.0321 e. The molecular weight excluding hydrogens is 329 g/mol. The number of halogens is 3. The standard InChI is InChI=1S/C10H11Br2N.ClH/c11-8-4-7(5-9(12)6-8)10-2-1-3-13-10;/h4-6,10,13H,1-3H2;1H/t10-;/m1./s1. The average molecular weight is 341 g/mol. The quantitative estimate of drug-likeness (QED) is 0.812. The van der Waals surface area contributed by atoms with Crippen molar-refractivity contribution in [3.8, 4) is 0 Å². The summed E-state index contributed by atoms with van der Waals surface area (Å²) in [7, 11) is 0. The van der Waals surface area contributed by atoms with E-state index in [9.17, 15) is 0 Å². The van der Waals surface area contributed by atoms with Crippen LogP contribution in [0.3, 0.4) is 0 Å². The molecule has 0 spiro atoms. The van der Waals surface area contributed by atoms with Gasteiger partial charge in [-0.15, -0.1) is 12.4 Å². The Morgan fingerprint density at radius 1 is 1.14 bits per heavy atom. The summed E-state index contributed by atoms with van der Waals surface area (Å²) in [6, 6.07) is 6.99. The SMILES string of the molecule is Brc1cc(Br)cc([C@H]2CCCN2)c1.Cl. The summed E-state index contributed by atoms with van der Waals surface area (Å²) in [6.45, 7) is 1.15. The van der Waals surface area contributed by atoms with Gasteiger partial charge in [0.2, 0.25) is 0 Å². The molecule has 1 aliphatic heterocycles. The second-order valence-electron chi connectivity index (χ2n) is 3.35. The minimum absolute atomic E-state index is 0. The minimum Gasteiger partial charge on any atom is -0.310 e. The zero-order chi connectivity index (χ0) is 9.26. The molecule has 1 aromatic rings. The minimum atomic E-state index is 0. The van der Waals surface area contributed by atoms with Crippen LogP contribution >= 0.6 is 44.3 Å². The molecule has 1 nitrogen and oxygen atoms in total. The molecule has 1 aliphatic rings. The molecule has 78 valence electrons. The predicted octanol–water partition coefficient (Wildman–Crippen LogP) is 4.06. The van der Waals surface area contributed by atoms with Crippen LogP contribution in [0.5, 0.6) is 0 Å². The molecule has 4 heteroatoms. The molecule has 0 aliphatic carbocycles. The van der Waals surface area contributed by atoms with E-state index in [1.165, 1.54) is 18.4 Å². The van der Waals surface area contributed by atoms with Gasteiger partial charge in [-0.2, -0.15) is 0 Å². The molecule has 0 radical (unpaired) electrons. The van der Waals surface area contributed by atoms with Crippen LogP contribution in [0.15, 0.2) is 27.1 Å². The molecule has 0 aromatic heterocycles. The highest BCUT2D eigenvalue weighted by molar-refractivity contribution is 9.11. The Labute approximate surface area is 107 Å². The van der Waals surface area contributed by atoms with E-state index in [1.54, 1.807) is 0 Å². The van der Waals surface area contributed by atoms with Gasteiger partial charge in [0, 0.05) is 15.0 Å². The summed E-state index contributed by atoms with van der Waals surface area (Å²) < 4.78 is 2.29. The number of hydrogen-bond donors (Lipinski definition) is 1. The molecule has 1 heterocycles. The fraction of sp³-hybridized carbons (Fsp3) is 0.400. The van der Waals surface area contributed by atoms with Crippen LogP contribution < -0.4 is 5.32 Å². The lowest BCUT2D eigenvalue weighted by molar-refractivity contribution is 0.647. The molecule has 1 saturated heterocycles. The van der Waals surface area contributed by atoms with Crippen LogP contribution in [0.4, 0.5) is 0 Å². The van der Waals surface area contributed by atoms with Gasteiger partial charge in [0.15, 0.2) is 0 Å². The van der Waals surface area contributed by atoms with Gasteiger partial charge in [0.05, 0.1) is 0 Å². The molecule has 0 saturated carbocycles.